The number of hydrogen-bond acceptors (Lipinski definition) is 6. The zero-order valence-electron chi connectivity index (χ0n) is 21.1. The Morgan fingerprint density at radius 2 is 1.82 bits per heavy atom. The zero-order valence-corrected chi connectivity index (χ0v) is 23.5. The molecule has 0 aliphatic heterocycles. The first kappa shape index (κ1) is 27.8. The summed E-state index contributed by atoms with van der Waals surface area (Å²) in [6.07, 6.45) is 6.98. The largest absolute Gasteiger partial charge is 0.354 e. The lowest BCUT2D eigenvalue weighted by Crippen LogP contribution is -2.56. The molecule has 12 heteroatoms. The highest BCUT2D eigenvalue weighted by atomic mass is 35.5. The number of carbonyl (C=O) groups is 3. The van der Waals surface area contributed by atoms with E-state index in [1.54, 1.807) is 43.4 Å². The fraction of sp³-hybridized carbons (Fsp3) is 0.346. The number of rotatable bonds is 5. The van der Waals surface area contributed by atoms with E-state index >= 15 is 0 Å². The van der Waals surface area contributed by atoms with Gasteiger partial charge in [-0.3, -0.25) is 19.4 Å². The minimum absolute atomic E-state index is 0. The van der Waals surface area contributed by atoms with E-state index < -0.39 is 6.04 Å². The van der Waals surface area contributed by atoms with Gasteiger partial charge in [-0.15, -0.1) is 23.7 Å². The van der Waals surface area contributed by atoms with E-state index in [9.17, 15) is 14.4 Å². The molecule has 0 unspecified atom stereocenters. The minimum atomic E-state index is -0.437. The molecule has 1 aliphatic rings. The summed E-state index contributed by atoms with van der Waals surface area (Å²) in [5.41, 5.74) is 1.04. The number of amides is 3. The van der Waals surface area contributed by atoms with Crippen LogP contribution in [-0.2, 0) is 11.8 Å². The maximum absolute atomic E-state index is 13.2. The summed E-state index contributed by atoms with van der Waals surface area (Å²) in [7, 11) is 5.36. The van der Waals surface area contributed by atoms with Crippen molar-refractivity contribution in [2.45, 2.75) is 31.3 Å². The summed E-state index contributed by atoms with van der Waals surface area (Å²) in [5, 5.41) is 8.74. The number of nitrogens with one attached hydrogen (secondary N) is 2. The van der Waals surface area contributed by atoms with Gasteiger partial charge in [-0.2, -0.15) is 0 Å². The molecule has 0 bridgehead atoms. The topological polar surface area (TPSA) is 109 Å². The van der Waals surface area contributed by atoms with Crippen molar-refractivity contribution in [3.05, 3.63) is 58.6 Å². The molecule has 1 saturated carbocycles. The van der Waals surface area contributed by atoms with Gasteiger partial charge in [0.1, 0.15) is 5.69 Å². The third-order valence-corrected chi connectivity index (χ3v) is 7.95. The maximum atomic E-state index is 13.2. The molecule has 1 fully saturated rings. The van der Waals surface area contributed by atoms with E-state index in [-0.39, 0.29) is 47.8 Å². The molecule has 0 radical (unpaired) electrons. The average molecular weight is 576 g/mol. The first-order valence-electron chi connectivity index (χ1n) is 12.0. The second-order valence-corrected chi connectivity index (χ2v) is 11.1. The monoisotopic (exact) mass is 574 g/mol. The first-order valence-corrected chi connectivity index (χ1v) is 13.2. The third-order valence-electron chi connectivity index (χ3n) is 6.71. The van der Waals surface area contributed by atoms with E-state index in [1.807, 2.05) is 30.1 Å². The Labute approximate surface area is 235 Å². The second-order valence-electron chi connectivity index (χ2n) is 9.66. The Kier molecular flexibility index (Phi) is 8.25. The number of aryl methyl sites for hydroxylation is 1. The van der Waals surface area contributed by atoms with Crippen molar-refractivity contribution in [1.29, 1.82) is 0 Å². The molecule has 0 saturated heterocycles. The highest BCUT2D eigenvalue weighted by Gasteiger charge is 2.37. The van der Waals surface area contributed by atoms with Gasteiger partial charge >= 0.3 is 0 Å². The van der Waals surface area contributed by atoms with Crippen LogP contribution in [0, 0.1) is 5.92 Å². The van der Waals surface area contributed by atoms with Gasteiger partial charge in [-0.25, -0.2) is 4.98 Å². The summed E-state index contributed by atoms with van der Waals surface area (Å²) >= 11 is 7.37. The molecule has 5 rings (SSSR count). The normalized spacial score (nSPS) is 19.1. The van der Waals surface area contributed by atoms with Gasteiger partial charge in [0.25, 0.3) is 11.8 Å². The number of thiazole rings is 1. The van der Waals surface area contributed by atoms with E-state index in [1.165, 1.54) is 11.3 Å². The molecule has 3 atom stereocenters. The Hall–Kier alpha value is -3.21. The molecule has 38 heavy (non-hydrogen) atoms. The van der Waals surface area contributed by atoms with Crippen LogP contribution in [0.5, 0.6) is 0 Å². The van der Waals surface area contributed by atoms with Crippen molar-refractivity contribution < 1.29 is 14.4 Å². The predicted molar refractivity (Wildman–Crippen MR) is 151 cm³/mol. The quantitative estimate of drug-likeness (QED) is 0.374. The van der Waals surface area contributed by atoms with Crippen molar-refractivity contribution >= 4 is 74.1 Å². The number of carbonyl (C=O) groups excluding carboxylic acids is 3. The number of nitrogens with zero attached hydrogens (tertiary/aromatic N) is 4. The molecule has 3 amide bonds. The van der Waals surface area contributed by atoms with Crippen LogP contribution in [0.4, 0.5) is 0 Å². The van der Waals surface area contributed by atoms with Gasteiger partial charge in [-0.1, -0.05) is 17.7 Å². The molecule has 1 aliphatic carbocycles. The predicted octanol–water partition coefficient (Wildman–Crippen LogP) is 4.04. The smallest absolute Gasteiger partial charge is 0.280 e. The van der Waals surface area contributed by atoms with Crippen LogP contribution in [0.1, 0.15) is 39.6 Å². The first-order chi connectivity index (χ1) is 17.7. The highest BCUT2D eigenvalue weighted by Crippen LogP contribution is 2.28. The summed E-state index contributed by atoms with van der Waals surface area (Å²) in [4.78, 5) is 49.4. The van der Waals surface area contributed by atoms with Crippen LogP contribution in [0.25, 0.3) is 21.0 Å². The molecule has 2 N–H and O–H groups in total. The second kappa shape index (κ2) is 11.3. The molecule has 3 heterocycles. The van der Waals surface area contributed by atoms with Crippen LogP contribution in [-0.4, -0.2) is 63.3 Å². The van der Waals surface area contributed by atoms with E-state index in [0.717, 1.165) is 21.0 Å². The lowest BCUT2D eigenvalue weighted by molar-refractivity contribution is -0.134. The van der Waals surface area contributed by atoms with Crippen molar-refractivity contribution in [2.24, 2.45) is 13.0 Å². The molecule has 1 aromatic carbocycles. The van der Waals surface area contributed by atoms with Gasteiger partial charge < -0.3 is 20.1 Å². The number of pyridine rings is 1. The Morgan fingerprint density at radius 3 is 2.55 bits per heavy atom. The molecule has 200 valence electrons. The van der Waals surface area contributed by atoms with E-state index in [4.69, 9.17) is 11.6 Å². The molecular formula is C26H28Cl2N6O3S. The van der Waals surface area contributed by atoms with Crippen LogP contribution < -0.4 is 10.6 Å². The van der Waals surface area contributed by atoms with Gasteiger partial charge in [0, 0.05) is 62.1 Å². The molecule has 4 aromatic rings. The third kappa shape index (κ3) is 5.77. The van der Waals surface area contributed by atoms with Crippen LogP contribution in [0.3, 0.4) is 0 Å². The average Bonchev–Trinajstić information content (AvgIpc) is 3.41. The number of hydrogen-bond donors (Lipinski definition) is 2. The zero-order chi connectivity index (χ0) is 26.3. The number of benzene rings is 1. The van der Waals surface area contributed by atoms with Crippen molar-refractivity contribution in [2.75, 3.05) is 14.1 Å². The number of halogens is 2. The van der Waals surface area contributed by atoms with E-state index in [0.29, 0.717) is 29.3 Å². The number of aromatic nitrogens is 3. The van der Waals surface area contributed by atoms with E-state index in [2.05, 4.69) is 20.6 Å². The fourth-order valence-electron chi connectivity index (χ4n) is 4.84. The van der Waals surface area contributed by atoms with Crippen LogP contribution >= 0.6 is 35.3 Å². The molecule has 3 aromatic heterocycles. The van der Waals surface area contributed by atoms with Crippen LogP contribution in [0.15, 0.2) is 42.9 Å². The van der Waals surface area contributed by atoms with Crippen LogP contribution in [0.2, 0.25) is 5.02 Å². The standard InChI is InChI=1S/C26H27ClN6O3S.ClH/c1-32(2)26(36)15-5-7-18(29-23(34)20-9-14-4-6-17(27)8-16(14)11-28-20)19(10-15)30-24(35)25-31-21-12-33(3)13-22(21)37-25;/h4,6,8-9,11-13,15,18-19H,5,7,10H2,1-3H3,(H,29,34)(H,30,35);1H/t15-,18-,19+;/m0./s1. The minimum Gasteiger partial charge on any atom is -0.354 e. The molecule has 0 spiro atoms. The number of fused-ring (bicyclic) bond motifs is 2. The van der Waals surface area contributed by atoms with Gasteiger partial charge in [0.05, 0.1) is 16.3 Å². The Bertz CT molecular complexity index is 1490. The van der Waals surface area contributed by atoms with Gasteiger partial charge in [-0.05, 0) is 42.8 Å². The van der Waals surface area contributed by atoms with Crippen molar-refractivity contribution in [3.8, 4) is 0 Å². The van der Waals surface area contributed by atoms with Gasteiger partial charge in [0.2, 0.25) is 5.91 Å². The summed E-state index contributed by atoms with van der Waals surface area (Å²) < 4.78 is 2.82. The maximum Gasteiger partial charge on any atom is 0.280 e. The lowest BCUT2D eigenvalue weighted by atomic mass is 9.81. The molecular weight excluding hydrogens is 547 g/mol. The summed E-state index contributed by atoms with van der Waals surface area (Å²) in [6, 6.07) is 6.32. The SMILES string of the molecule is CN(C)C(=O)[C@H]1CC[C@H](NC(=O)c2cc3ccc(Cl)cc3cn2)[C@H](NC(=O)c2nc3cn(C)cc3s2)C1.Cl. The van der Waals surface area contributed by atoms with Gasteiger partial charge in [0.15, 0.2) is 5.01 Å². The lowest BCUT2D eigenvalue weighted by Gasteiger charge is -2.37. The molecule has 9 nitrogen and oxygen atoms in total. The van der Waals surface area contributed by atoms with Crippen molar-refractivity contribution in [1.82, 2.24) is 30.1 Å². The fourth-order valence-corrected chi connectivity index (χ4v) is 5.95. The van der Waals surface area contributed by atoms with Crippen molar-refractivity contribution in [3.63, 3.8) is 0 Å². The Morgan fingerprint density at radius 1 is 1.05 bits per heavy atom. The summed E-state index contributed by atoms with van der Waals surface area (Å²) in [6.45, 7) is 0. The Balaban J connectivity index is 0.00000336. The summed E-state index contributed by atoms with van der Waals surface area (Å²) in [5.74, 6) is -0.876. The highest BCUT2D eigenvalue weighted by molar-refractivity contribution is 7.20.